The van der Waals surface area contributed by atoms with Crippen molar-refractivity contribution < 1.29 is 14.7 Å². The summed E-state index contributed by atoms with van der Waals surface area (Å²) in [5.41, 5.74) is 2.48. The molecule has 2 aromatic carbocycles. The van der Waals surface area contributed by atoms with Crippen molar-refractivity contribution >= 4 is 35.1 Å². The van der Waals surface area contributed by atoms with Gasteiger partial charge in [-0.05, 0) is 24.1 Å². The number of aromatic nitrogens is 2. The van der Waals surface area contributed by atoms with E-state index in [1.807, 2.05) is 30.3 Å². The Balaban J connectivity index is 1.85. The van der Waals surface area contributed by atoms with Gasteiger partial charge in [0.15, 0.2) is 0 Å². The second-order valence-electron chi connectivity index (χ2n) is 6.45. The maximum absolute atomic E-state index is 12.8. The van der Waals surface area contributed by atoms with E-state index in [1.165, 1.54) is 0 Å². The maximum Gasteiger partial charge on any atom is 0.303 e. The van der Waals surface area contributed by atoms with E-state index in [1.54, 1.807) is 29.1 Å². The summed E-state index contributed by atoms with van der Waals surface area (Å²) < 4.78 is 1.58. The van der Waals surface area contributed by atoms with Crippen molar-refractivity contribution in [2.75, 3.05) is 0 Å². The molecule has 0 spiro atoms. The molecule has 0 fully saturated rings. The number of rotatable bonds is 8. The van der Waals surface area contributed by atoms with Crippen molar-refractivity contribution in [3.63, 3.8) is 0 Å². The molecule has 3 rings (SSSR count). The maximum atomic E-state index is 12.8. The van der Waals surface area contributed by atoms with Gasteiger partial charge in [0.25, 0.3) is 5.91 Å². The smallest absolute Gasteiger partial charge is 0.303 e. The third kappa shape index (κ3) is 5.59. The number of carboxylic acids is 1. The Labute approximate surface area is 178 Å². The summed E-state index contributed by atoms with van der Waals surface area (Å²) in [6.45, 7) is 0.761. The zero-order valence-corrected chi connectivity index (χ0v) is 17.0. The molecule has 8 heteroatoms. The molecule has 0 aliphatic rings. The van der Waals surface area contributed by atoms with Crippen LogP contribution in [0.1, 0.15) is 28.8 Å². The minimum Gasteiger partial charge on any atom is -0.481 e. The molecule has 150 valence electrons. The number of benzene rings is 2. The third-order valence-corrected chi connectivity index (χ3v) is 5.01. The number of amides is 1. The molecule has 0 atom stereocenters. The summed E-state index contributed by atoms with van der Waals surface area (Å²) in [5, 5.41) is 17.0. The normalized spacial score (nSPS) is 10.7. The largest absolute Gasteiger partial charge is 0.481 e. The average molecular weight is 432 g/mol. The number of halogens is 2. The van der Waals surface area contributed by atoms with Gasteiger partial charge in [-0.1, -0.05) is 59.6 Å². The molecule has 1 aromatic heterocycles. The fourth-order valence-electron chi connectivity index (χ4n) is 2.82. The Morgan fingerprint density at radius 2 is 1.83 bits per heavy atom. The fourth-order valence-corrected chi connectivity index (χ4v) is 3.12. The van der Waals surface area contributed by atoms with Crippen molar-refractivity contribution in [2.24, 2.45) is 0 Å². The summed E-state index contributed by atoms with van der Waals surface area (Å²) in [5.74, 6) is -1.15. The highest BCUT2D eigenvalue weighted by molar-refractivity contribution is 6.42. The summed E-state index contributed by atoms with van der Waals surface area (Å²) in [6.07, 6.45) is 2.06. The SMILES string of the molecule is O=C(O)CCCn1cc(C(=O)NCc2ccccc2)c(-c2ccc(Cl)c(Cl)c2)n1. The Bertz CT molecular complexity index is 1020. The molecular weight excluding hydrogens is 413 g/mol. The van der Waals surface area contributed by atoms with Crippen molar-refractivity contribution in [1.82, 2.24) is 15.1 Å². The van der Waals surface area contributed by atoms with Gasteiger partial charge < -0.3 is 10.4 Å². The van der Waals surface area contributed by atoms with Gasteiger partial charge in [-0.15, -0.1) is 0 Å². The van der Waals surface area contributed by atoms with E-state index in [9.17, 15) is 9.59 Å². The van der Waals surface area contributed by atoms with Crippen LogP contribution in [-0.4, -0.2) is 26.8 Å². The number of carboxylic acid groups (broad SMARTS) is 1. The summed E-state index contributed by atoms with van der Waals surface area (Å²) >= 11 is 12.1. The van der Waals surface area contributed by atoms with Gasteiger partial charge in [0, 0.05) is 31.3 Å². The Kier molecular flexibility index (Phi) is 6.90. The molecule has 0 unspecified atom stereocenters. The van der Waals surface area contributed by atoms with Crippen LogP contribution in [0.3, 0.4) is 0 Å². The summed E-state index contributed by atoms with van der Waals surface area (Å²) in [7, 11) is 0. The highest BCUT2D eigenvalue weighted by atomic mass is 35.5. The van der Waals surface area contributed by atoms with Crippen LogP contribution in [0, 0.1) is 0 Å². The molecule has 3 aromatic rings. The first kappa shape index (κ1) is 20.9. The van der Waals surface area contributed by atoms with Gasteiger partial charge in [0.2, 0.25) is 0 Å². The number of carbonyl (C=O) groups is 2. The predicted octanol–water partition coefficient (Wildman–Crippen LogP) is 4.65. The van der Waals surface area contributed by atoms with E-state index in [4.69, 9.17) is 28.3 Å². The number of aliphatic carboxylic acids is 1. The van der Waals surface area contributed by atoms with Crippen molar-refractivity contribution in [1.29, 1.82) is 0 Å². The van der Waals surface area contributed by atoms with Gasteiger partial charge in [-0.2, -0.15) is 5.10 Å². The topological polar surface area (TPSA) is 84.2 Å². The lowest BCUT2D eigenvalue weighted by Gasteiger charge is -2.06. The first-order valence-corrected chi connectivity index (χ1v) is 9.76. The lowest BCUT2D eigenvalue weighted by Crippen LogP contribution is -2.23. The zero-order chi connectivity index (χ0) is 20.8. The van der Waals surface area contributed by atoms with Gasteiger partial charge in [0.1, 0.15) is 5.69 Å². The van der Waals surface area contributed by atoms with Gasteiger partial charge in [-0.3, -0.25) is 14.3 Å². The van der Waals surface area contributed by atoms with Gasteiger partial charge >= 0.3 is 5.97 Å². The number of nitrogens with one attached hydrogen (secondary N) is 1. The lowest BCUT2D eigenvalue weighted by molar-refractivity contribution is -0.137. The molecule has 6 nitrogen and oxygen atoms in total. The van der Waals surface area contributed by atoms with Crippen LogP contribution < -0.4 is 5.32 Å². The van der Waals surface area contributed by atoms with Crippen LogP contribution in [0.2, 0.25) is 10.0 Å². The van der Waals surface area contributed by atoms with E-state index in [-0.39, 0.29) is 12.3 Å². The molecule has 0 aliphatic carbocycles. The third-order valence-electron chi connectivity index (χ3n) is 4.27. The first-order valence-electron chi connectivity index (χ1n) is 9.01. The quantitative estimate of drug-likeness (QED) is 0.543. The molecule has 1 heterocycles. The van der Waals surface area contributed by atoms with E-state index in [0.29, 0.717) is 46.4 Å². The van der Waals surface area contributed by atoms with Gasteiger partial charge in [0.05, 0.1) is 15.6 Å². The van der Waals surface area contributed by atoms with Crippen LogP contribution in [0.25, 0.3) is 11.3 Å². The molecule has 0 saturated heterocycles. The number of carbonyl (C=O) groups excluding carboxylic acids is 1. The summed E-state index contributed by atoms with van der Waals surface area (Å²) in [6, 6.07) is 14.6. The molecular formula is C21H19Cl2N3O3. The van der Waals surface area contributed by atoms with Crippen molar-refractivity contribution in [3.05, 3.63) is 75.9 Å². The summed E-state index contributed by atoms with van der Waals surface area (Å²) in [4.78, 5) is 23.6. The number of aryl methyl sites for hydroxylation is 1. The zero-order valence-electron chi connectivity index (χ0n) is 15.4. The highest BCUT2D eigenvalue weighted by Gasteiger charge is 2.19. The van der Waals surface area contributed by atoms with Crippen molar-refractivity contribution in [2.45, 2.75) is 25.9 Å². The molecule has 29 heavy (non-hydrogen) atoms. The Hall–Kier alpha value is -2.83. The average Bonchev–Trinajstić information content (AvgIpc) is 3.13. The van der Waals surface area contributed by atoms with Crippen molar-refractivity contribution in [3.8, 4) is 11.3 Å². The highest BCUT2D eigenvalue weighted by Crippen LogP contribution is 2.29. The second kappa shape index (κ2) is 9.58. The first-order chi connectivity index (χ1) is 13.9. The van der Waals surface area contributed by atoms with Crippen LogP contribution >= 0.6 is 23.2 Å². The van der Waals surface area contributed by atoms with Gasteiger partial charge in [-0.25, -0.2) is 0 Å². The Morgan fingerprint density at radius 3 is 2.52 bits per heavy atom. The van der Waals surface area contributed by atoms with Crippen LogP contribution in [-0.2, 0) is 17.9 Å². The molecule has 0 saturated carbocycles. The van der Waals surface area contributed by atoms with Crippen LogP contribution in [0.15, 0.2) is 54.7 Å². The minimum atomic E-state index is -0.873. The van der Waals surface area contributed by atoms with Crippen LogP contribution in [0.5, 0.6) is 0 Å². The lowest BCUT2D eigenvalue weighted by atomic mass is 10.1. The monoisotopic (exact) mass is 431 g/mol. The fraction of sp³-hybridized carbons (Fsp3) is 0.190. The molecule has 0 aliphatic heterocycles. The standard InChI is InChI=1S/C21H19Cl2N3O3/c22-17-9-8-15(11-18(17)23)20-16(13-26(25-20)10-4-7-19(27)28)21(29)24-12-14-5-2-1-3-6-14/h1-3,5-6,8-9,11,13H,4,7,10,12H2,(H,24,29)(H,27,28). The number of hydrogen-bond acceptors (Lipinski definition) is 3. The van der Waals surface area contributed by atoms with E-state index >= 15 is 0 Å². The van der Waals surface area contributed by atoms with E-state index in [2.05, 4.69) is 10.4 Å². The predicted molar refractivity (Wildman–Crippen MR) is 112 cm³/mol. The molecule has 0 bridgehead atoms. The number of hydrogen-bond donors (Lipinski definition) is 2. The molecule has 1 amide bonds. The molecule has 0 radical (unpaired) electrons. The van der Waals surface area contributed by atoms with Crippen LogP contribution in [0.4, 0.5) is 0 Å². The van der Waals surface area contributed by atoms with E-state index < -0.39 is 5.97 Å². The second-order valence-corrected chi connectivity index (χ2v) is 7.26. The number of nitrogens with zero attached hydrogens (tertiary/aromatic N) is 2. The minimum absolute atomic E-state index is 0.0253. The molecule has 2 N–H and O–H groups in total. The Morgan fingerprint density at radius 1 is 1.07 bits per heavy atom. The van der Waals surface area contributed by atoms with E-state index in [0.717, 1.165) is 5.56 Å².